The fourth-order valence-corrected chi connectivity index (χ4v) is 3.72. The maximum Gasteiger partial charge on any atom is 0.247 e. The minimum atomic E-state index is -0.346. The van der Waals surface area contributed by atoms with Crippen molar-refractivity contribution in [1.29, 1.82) is 0 Å². The number of aromatic amines is 1. The molecule has 0 atom stereocenters. The maximum atomic E-state index is 12.1. The van der Waals surface area contributed by atoms with Gasteiger partial charge in [-0.05, 0) is 38.4 Å². The average molecular weight is 472 g/mol. The summed E-state index contributed by atoms with van der Waals surface area (Å²) < 4.78 is 0. The van der Waals surface area contributed by atoms with Crippen LogP contribution in [0.2, 0.25) is 0 Å². The van der Waals surface area contributed by atoms with E-state index in [2.05, 4.69) is 37.1 Å². The van der Waals surface area contributed by atoms with Crippen LogP contribution in [0.25, 0.3) is 22.2 Å². The second kappa shape index (κ2) is 10.3. The van der Waals surface area contributed by atoms with Gasteiger partial charge in [0.1, 0.15) is 5.75 Å². The van der Waals surface area contributed by atoms with Gasteiger partial charge in [-0.25, -0.2) is 9.97 Å². The third kappa shape index (κ3) is 5.42. The van der Waals surface area contributed by atoms with Crippen LogP contribution in [0.15, 0.2) is 67.5 Å². The van der Waals surface area contributed by atoms with Gasteiger partial charge in [0.05, 0.1) is 22.8 Å². The second-order valence-electron chi connectivity index (χ2n) is 8.44. The molecule has 1 amide bonds. The van der Waals surface area contributed by atoms with E-state index in [1.165, 1.54) is 6.08 Å². The highest BCUT2D eigenvalue weighted by molar-refractivity contribution is 6.02. The monoisotopic (exact) mass is 471 g/mol. The third-order valence-electron chi connectivity index (χ3n) is 5.62. The summed E-state index contributed by atoms with van der Waals surface area (Å²) in [6, 6.07) is 13.1. The van der Waals surface area contributed by atoms with E-state index in [9.17, 15) is 9.90 Å². The molecule has 0 aliphatic carbocycles. The molecule has 0 fully saturated rings. The van der Waals surface area contributed by atoms with Crippen molar-refractivity contribution in [2.24, 2.45) is 0 Å². The molecule has 4 rings (SSSR count). The molecule has 9 nitrogen and oxygen atoms in total. The second-order valence-corrected chi connectivity index (χ2v) is 8.44. The SMILES string of the molecule is C=CC(=O)Nc1cc(Nc2nccc(-c3c[nH]c4ccccc34)n2)c(O)cc1N(C)CCN(C)C. The van der Waals surface area contributed by atoms with Gasteiger partial charge in [0.2, 0.25) is 11.9 Å². The molecule has 2 aromatic heterocycles. The van der Waals surface area contributed by atoms with Crippen molar-refractivity contribution in [3.05, 3.63) is 67.5 Å². The van der Waals surface area contributed by atoms with Gasteiger partial charge < -0.3 is 30.5 Å². The molecular weight excluding hydrogens is 442 g/mol. The van der Waals surface area contributed by atoms with Crippen LogP contribution < -0.4 is 15.5 Å². The van der Waals surface area contributed by atoms with Gasteiger partial charge in [-0.3, -0.25) is 4.79 Å². The van der Waals surface area contributed by atoms with E-state index in [1.54, 1.807) is 18.3 Å². The molecule has 0 bridgehead atoms. The minimum Gasteiger partial charge on any atom is -0.506 e. The Morgan fingerprint density at radius 2 is 1.94 bits per heavy atom. The number of para-hydroxylation sites is 1. The van der Waals surface area contributed by atoms with Gasteiger partial charge in [-0.2, -0.15) is 0 Å². The number of hydrogen-bond acceptors (Lipinski definition) is 7. The number of nitrogens with one attached hydrogen (secondary N) is 3. The smallest absolute Gasteiger partial charge is 0.247 e. The first kappa shape index (κ1) is 23.8. The first-order valence-electron chi connectivity index (χ1n) is 11.2. The standard InChI is InChI=1S/C26H29N7O2/c1-5-25(35)29-21-14-22(24(34)15-23(21)33(4)13-12-32(2)3)31-26-27-11-10-20(30-26)18-16-28-19-9-7-6-8-17(18)19/h5-11,14-16,28,34H,1,12-13H2,2-4H3,(H,29,35)(H,27,30,31). The number of phenols is 1. The molecule has 4 N–H and O–H groups in total. The van der Waals surface area contributed by atoms with Gasteiger partial charge >= 0.3 is 0 Å². The molecule has 2 aromatic carbocycles. The highest BCUT2D eigenvalue weighted by Gasteiger charge is 2.16. The maximum absolute atomic E-state index is 12.1. The lowest BCUT2D eigenvalue weighted by Gasteiger charge is -2.25. The van der Waals surface area contributed by atoms with Crippen LogP contribution >= 0.6 is 0 Å². The highest BCUT2D eigenvalue weighted by Crippen LogP contribution is 2.37. The normalized spacial score (nSPS) is 11.0. The molecule has 0 unspecified atom stereocenters. The fourth-order valence-electron chi connectivity index (χ4n) is 3.72. The number of carbonyl (C=O) groups is 1. The number of likely N-dealkylation sites (N-methyl/N-ethyl adjacent to an activating group) is 2. The number of fused-ring (bicyclic) bond motifs is 1. The van der Waals surface area contributed by atoms with Gasteiger partial charge in [-0.15, -0.1) is 0 Å². The quantitative estimate of drug-likeness (QED) is 0.165. The molecule has 0 radical (unpaired) electrons. The Morgan fingerprint density at radius 1 is 1.14 bits per heavy atom. The fraction of sp³-hybridized carbons (Fsp3) is 0.192. The predicted molar refractivity (Wildman–Crippen MR) is 141 cm³/mol. The van der Waals surface area contributed by atoms with E-state index in [4.69, 9.17) is 0 Å². The number of amides is 1. The third-order valence-corrected chi connectivity index (χ3v) is 5.62. The number of hydrogen-bond donors (Lipinski definition) is 4. The first-order valence-corrected chi connectivity index (χ1v) is 11.2. The summed E-state index contributed by atoms with van der Waals surface area (Å²) in [6.07, 6.45) is 4.78. The molecular formula is C26H29N7O2. The molecule has 2 heterocycles. The molecule has 180 valence electrons. The van der Waals surface area contributed by atoms with Crippen molar-refractivity contribution in [2.45, 2.75) is 0 Å². The summed E-state index contributed by atoms with van der Waals surface area (Å²) >= 11 is 0. The largest absolute Gasteiger partial charge is 0.506 e. The Bertz CT molecular complexity index is 1360. The van der Waals surface area contributed by atoms with Gasteiger partial charge in [0.15, 0.2) is 0 Å². The van der Waals surface area contributed by atoms with Gasteiger partial charge in [0.25, 0.3) is 0 Å². The van der Waals surface area contributed by atoms with Crippen molar-refractivity contribution in [3.63, 3.8) is 0 Å². The molecule has 35 heavy (non-hydrogen) atoms. The van der Waals surface area contributed by atoms with Crippen molar-refractivity contribution in [1.82, 2.24) is 19.9 Å². The number of aromatic nitrogens is 3. The highest BCUT2D eigenvalue weighted by atomic mass is 16.3. The first-order chi connectivity index (χ1) is 16.9. The molecule has 9 heteroatoms. The molecule has 0 aliphatic rings. The average Bonchev–Trinajstić information content (AvgIpc) is 3.28. The van der Waals surface area contributed by atoms with Crippen LogP contribution in [0.3, 0.4) is 0 Å². The number of carbonyl (C=O) groups excluding carboxylic acids is 1. The van der Waals surface area contributed by atoms with Crippen LogP contribution in [0.1, 0.15) is 0 Å². The lowest BCUT2D eigenvalue weighted by Crippen LogP contribution is -2.29. The Hall–Kier alpha value is -4.37. The van der Waals surface area contributed by atoms with Crippen molar-refractivity contribution in [3.8, 4) is 17.0 Å². The topological polar surface area (TPSA) is 109 Å². The number of phenolic OH excluding ortho intramolecular Hbond substituents is 1. The zero-order valence-corrected chi connectivity index (χ0v) is 20.0. The molecule has 0 spiro atoms. The Balaban J connectivity index is 1.66. The number of H-pyrrole nitrogens is 1. The minimum absolute atomic E-state index is 0.00871. The van der Waals surface area contributed by atoms with Crippen LogP contribution in [-0.2, 0) is 4.79 Å². The zero-order chi connectivity index (χ0) is 24.9. The van der Waals surface area contributed by atoms with Crippen molar-refractivity contribution < 1.29 is 9.90 Å². The zero-order valence-electron chi connectivity index (χ0n) is 20.0. The van der Waals surface area contributed by atoms with Crippen LogP contribution in [0.4, 0.5) is 23.0 Å². The van der Waals surface area contributed by atoms with Crippen LogP contribution in [0.5, 0.6) is 5.75 Å². The predicted octanol–water partition coefficient (Wildman–Crippen LogP) is 4.20. The summed E-state index contributed by atoms with van der Waals surface area (Å²) in [6.45, 7) is 5.04. The van der Waals surface area contributed by atoms with Gasteiger partial charge in [-0.1, -0.05) is 24.8 Å². The Morgan fingerprint density at radius 3 is 2.71 bits per heavy atom. The molecule has 0 saturated heterocycles. The van der Waals surface area contributed by atoms with Crippen LogP contribution in [-0.4, -0.2) is 65.1 Å². The van der Waals surface area contributed by atoms with Crippen molar-refractivity contribution in [2.75, 3.05) is 49.8 Å². The number of aromatic hydroxyl groups is 1. The number of benzene rings is 2. The Labute approximate surface area is 204 Å². The van der Waals surface area contributed by atoms with E-state index < -0.39 is 0 Å². The van der Waals surface area contributed by atoms with E-state index in [0.717, 1.165) is 28.7 Å². The molecule has 4 aromatic rings. The number of anilines is 4. The van der Waals surface area contributed by atoms with Crippen molar-refractivity contribution >= 4 is 39.8 Å². The van der Waals surface area contributed by atoms with Crippen LogP contribution in [0, 0.1) is 0 Å². The lowest BCUT2D eigenvalue weighted by atomic mass is 10.1. The van der Waals surface area contributed by atoms with E-state index >= 15 is 0 Å². The summed E-state index contributed by atoms with van der Waals surface area (Å²) in [7, 11) is 5.88. The molecule has 0 saturated carbocycles. The summed E-state index contributed by atoms with van der Waals surface area (Å²) in [5, 5.41) is 17.8. The number of nitrogens with zero attached hydrogens (tertiary/aromatic N) is 4. The summed E-state index contributed by atoms with van der Waals surface area (Å²) in [5.41, 5.74) is 4.28. The summed E-state index contributed by atoms with van der Waals surface area (Å²) in [5.74, 6) is -0.0197. The van der Waals surface area contributed by atoms with E-state index in [0.29, 0.717) is 29.6 Å². The van der Waals surface area contributed by atoms with E-state index in [-0.39, 0.29) is 11.7 Å². The van der Waals surface area contributed by atoms with E-state index in [1.807, 2.05) is 62.6 Å². The molecule has 0 aliphatic heterocycles. The lowest BCUT2D eigenvalue weighted by molar-refractivity contribution is -0.111. The summed E-state index contributed by atoms with van der Waals surface area (Å²) in [4.78, 5) is 28.3. The number of rotatable bonds is 9. The Kier molecular flexibility index (Phi) is 6.98. The van der Waals surface area contributed by atoms with Gasteiger partial charge in [0, 0.05) is 55.1 Å².